The third kappa shape index (κ3) is 3.39. The Morgan fingerprint density at radius 2 is 1.67 bits per heavy atom. The van der Waals surface area contributed by atoms with Crippen LogP contribution < -0.4 is 9.47 Å². The molecule has 3 nitrogen and oxygen atoms in total. The summed E-state index contributed by atoms with van der Waals surface area (Å²) in [6.07, 6.45) is -1.02. The van der Waals surface area contributed by atoms with E-state index in [1.54, 1.807) is 24.3 Å². The number of aliphatic hydroxyl groups excluding tert-OH is 1. The van der Waals surface area contributed by atoms with Crippen LogP contribution in [-0.2, 0) is 0 Å². The number of halogens is 3. The predicted octanol–water partition coefficient (Wildman–Crippen LogP) is 4.45. The third-order valence-electron chi connectivity index (χ3n) is 3.06. The summed E-state index contributed by atoms with van der Waals surface area (Å²) in [5, 5.41) is 10.5. The first kappa shape index (κ1) is 16.3. The molecule has 0 radical (unpaired) electrons. The summed E-state index contributed by atoms with van der Waals surface area (Å²) in [6.45, 7) is 0. The molecule has 0 amide bonds. The van der Waals surface area contributed by atoms with Crippen molar-refractivity contribution in [3.63, 3.8) is 0 Å². The molecule has 2 aromatic rings. The Balaban J connectivity index is 2.50. The zero-order valence-corrected chi connectivity index (χ0v) is 14.5. The Morgan fingerprint density at radius 3 is 2.24 bits per heavy atom. The monoisotopic (exact) mass is 418 g/mol. The first-order chi connectivity index (χ1) is 9.97. The minimum absolute atomic E-state index is 0.346. The fourth-order valence-electron chi connectivity index (χ4n) is 1.96. The predicted molar refractivity (Wildman–Crippen MR) is 85.4 cm³/mol. The van der Waals surface area contributed by atoms with E-state index in [0.29, 0.717) is 31.6 Å². The average molecular weight is 420 g/mol. The Labute approximate surface area is 139 Å². The zero-order valence-electron chi connectivity index (χ0n) is 11.4. The summed E-state index contributed by atoms with van der Waals surface area (Å²) in [5.41, 5.74) is 0.928. The van der Waals surface area contributed by atoms with Crippen molar-refractivity contribution in [3.8, 4) is 11.5 Å². The van der Waals surface area contributed by atoms with Crippen LogP contribution in [-0.4, -0.2) is 19.3 Å². The average Bonchev–Trinajstić information content (AvgIpc) is 2.49. The molecule has 0 aromatic heterocycles. The first-order valence-electron chi connectivity index (χ1n) is 6.02. The minimum atomic E-state index is -1.02. The number of hydrogen-bond acceptors (Lipinski definition) is 3. The van der Waals surface area contributed by atoms with E-state index >= 15 is 0 Å². The lowest BCUT2D eigenvalue weighted by Crippen LogP contribution is -2.04. The van der Waals surface area contributed by atoms with Crippen LogP contribution in [0.3, 0.4) is 0 Å². The van der Waals surface area contributed by atoms with Crippen molar-refractivity contribution in [2.24, 2.45) is 0 Å². The highest BCUT2D eigenvalue weighted by Crippen LogP contribution is 2.38. The van der Waals surface area contributed by atoms with Gasteiger partial charge in [0.2, 0.25) is 0 Å². The Kier molecular flexibility index (Phi) is 5.24. The van der Waals surface area contributed by atoms with E-state index in [1.807, 2.05) is 0 Å². The molecule has 0 aliphatic heterocycles. The van der Waals surface area contributed by atoms with E-state index in [0.717, 1.165) is 0 Å². The summed E-state index contributed by atoms with van der Waals surface area (Å²) >= 11 is 6.44. The molecule has 2 aromatic carbocycles. The lowest BCUT2D eigenvalue weighted by Gasteiger charge is -2.17. The number of ether oxygens (including phenoxy) is 2. The SMILES string of the molecule is COc1cc(C(O)c2ccc(Br)c(F)c2)c(OC)cc1Br. The summed E-state index contributed by atoms with van der Waals surface area (Å²) < 4.78 is 25.2. The number of rotatable bonds is 4. The minimum Gasteiger partial charge on any atom is -0.496 e. The number of benzene rings is 2. The second kappa shape index (κ2) is 6.77. The largest absolute Gasteiger partial charge is 0.496 e. The van der Waals surface area contributed by atoms with Gasteiger partial charge in [0.05, 0.1) is 23.2 Å². The third-order valence-corrected chi connectivity index (χ3v) is 4.32. The van der Waals surface area contributed by atoms with E-state index in [9.17, 15) is 9.50 Å². The van der Waals surface area contributed by atoms with Crippen LogP contribution >= 0.6 is 31.9 Å². The molecule has 0 aliphatic rings. The van der Waals surface area contributed by atoms with Gasteiger partial charge in [0.25, 0.3) is 0 Å². The molecule has 21 heavy (non-hydrogen) atoms. The molecule has 0 saturated heterocycles. The lowest BCUT2D eigenvalue weighted by atomic mass is 10.0. The maximum atomic E-state index is 13.6. The van der Waals surface area contributed by atoms with E-state index in [4.69, 9.17) is 9.47 Å². The maximum Gasteiger partial charge on any atom is 0.137 e. The summed E-state index contributed by atoms with van der Waals surface area (Å²) in [4.78, 5) is 0. The topological polar surface area (TPSA) is 38.7 Å². The Hall–Kier alpha value is -1.11. The highest BCUT2D eigenvalue weighted by atomic mass is 79.9. The summed E-state index contributed by atoms with van der Waals surface area (Å²) in [5.74, 6) is 0.607. The highest BCUT2D eigenvalue weighted by molar-refractivity contribution is 9.10. The van der Waals surface area contributed by atoms with Gasteiger partial charge in [0, 0.05) is 5.56 Å². The Bertz CT molecular complexity index is 662. The van der Waals surface area contributed by atoms with Crippen LogP contribution in [0.5, 0.6) is 11.5 Å². The van der Waals surface area contributed by atoms with Crippen molar-refractivity contribution >= 4 is 31.9 Å². The van der Waals surface area contributed by atoms with Crippen molar-refractivity contribution in [3.05, 3.63) is 56.2 Å². The van der Waals surface area contributed by atoms with E-state index in [-0.39, 0.29) is 0 Å². The van der Waals surface area contributed by atoms with Crippen LogP contribution in [0.2, 0.25) is 0 Å². The van der Waals surface area contributed by atoms with Gasteiger partial charge in [0.15, 0.2) is 0 Å². The van der Waals surface area contributed by atoms with E-state index < -0.39 is 11.9 Å². The van der Waals surface area contributed by atoms with Crippen molar-refractivity contribution in [1.29, 1.82) is 0 Å². The maximum absolute atomic E-state index is 13.6. The van der Waals surface area contributed by atoms with Gasteiger partial charge in [-0.15, -0.1) is 0 Å². The van der Waals surface area contributed by atoms with Crippen molar-refractivity contribution in [1.82, 2.24) is 0 Å². The molecular formula is C15H13Br2FO3. The van der Waals surface area contributed by atoms with Crippen LogP contribution in [0.15, 0.2) is 39.3 Å². The smallest absolute Gasteiger partial charge is 0.137 e. The lowest BCUT2D eigenvalue weighted by molar-refractivity contribution is 0.213. The molecule has 1 atom stereocenters. The Morgan fingerprint density at radius 1 is 1.00 bits per heavy atom. The van der Waals surface area contributed by atoms with Crippen LogP contribution in [0, 0.1) is 5.82 Å². The molecule has 0 aliphatic carbocycles. The van der Waals surface area contributed by atoms with Gasteiger partial charge in [-0.05, 0) is 61.7 Å². The highest BCUT2D eigenvalue weighted by Gasteiger charge is 2.19. The van der Waals surface area contributed by atoms with Crippen LogP contribution in [0.25, 0.3) is 0 Å². The molecule has 1 N–H and O–H groups in total. The second-order valence-corrected chi connectivity index (χ2v) is 6.01. The molecule has 112 valence electrons. The molecule has 0 bridgehead atoms. The normalized spacial score (nSPS) is 12.1. The van der Waals surface area contributed by atoms with Gasteiger partial charge in [-0.25, -0.2) is 4.39 Å². The van der Waals surface area contributed by atoms with Gasteiger partial charge >= 0.3 is 0 Å². The molecule has 1 unspecified atom stereocenters. The van der Waals surface area contributed by atoms with Gasteiger partial charge in [0.1, 0.15) is 23.4 Å². The van der Waals surface area contributed by atoms with Crippen molar-refractivity contribution < 1.29 is 19.0 Å². The summed E-state index contributed by atoms with van der Waals surface area (Å²) in [7, 11) is 3.04. The van der Waals surface area contributed by atoms with E-state index in [1.165, 1.54) is 20.3 Å². The van der Waals surface area contributed by atoms with Gasteiger partial charge in [-0.3, -0.25) is 0 Å². The quantitative estimate of drug-likeness (QED) is 0.795. The fourth-order valence-corrected chi connectivity index (χ4v) is 2.69. The van der Waals surface area contributed by atoms with Crippen molar-refractivity contribution in [2.45, 2.75) is 6.10 Å². The molecule has 2 rings (SSSR count). The molecule has 0 fully saturated rings. The number of methoxy groups -OCH3 is 2. The molecule has 0 spiro atoms. The first-order valence-corrected chi connectivity index (χ1v) is 7.61. The summed E-state index contributed by atoms with van der Waals surface area (Å²) in [6, 6.07) is 7.84. The van der Waals surface area contributed by atoms with Gasteiger partial charge < -0.3 is 14.6 Å². The van der Waals surface area contributed by atoms with Gasteiger partial charge in [-0.1, -0.05) is 6.07 Å². The van der Waals surface area contributed by atoms with Crippen LogP contribution in [0.4, 0.5) is 4.39 Å². The number of aliphatic hydroxyl groups is 1. The number of hydrogen-bond donors (Lipinski definition) is 1. The second-order valence-electron chi connectivity index (χ2n) is 4.30. The zero-order chi connectivity index (χ0) is 15.6. The van der Waals surface area contributed by atoms with Crippen LogP contribution in [0.1, 0.15) is 17.2 Å². The van der Waals surface area contributed by atoms with E-state index in [2.05, 4.69) is 31.9 Å². The van der Waals surface area contributed by atoms with Crippen molar-refractivity contribution in [2.75, 3.05) is 14.2 Å². The molecule has 0 heterocycles. The fraction of sp³-hybridized carbons (Fsp3) is 0.200. The molecular weight excluding hydrogens is 407 g/mol. The standard InChI is InChI=1S/C15H13Br2FO3/c1-20-13-7-11(17)14(21-2)6-9(13)15(19)8-3-4-10(16)12(18)5-8/h3-7,15,19H,1-2H3. The van der Waals surface area contributed by atoms with Gasteiger partial charge in [-0.2, -0.15) is 0 Å². The molecule has 0 saturated carbocycles. The molecule has 6 heteroatoms.